The summed E-state index contributed by atoms with van der Waals surface area (Å²) in [6.45, 7) is 4.47. The Morgan fingerprint density at radius 1 is 0.733 bits per heavy atom. The molecule has 30 heavy (non-hydrogen) atoms. The molecule has 2 heteroatoms. The molecule has 168 valence electrons. The highest BCUT2D eigenvalue weighted by Gasteiger charge is 2.24. The third kappa shape index (κ3) is 6.41. The molecule has 2 atom stereocenters. The fourth-order valence-electron chi connectivity index (χ4n) is 5.68. The van der Waals surface area contributed by atoms with Crippen LogP contribution in [0.15, 0.2) is 24.3 Å². The summed E-state index contributed by atoms with van der Waals surface area (Å²) in [6.07, 6.45) is 21.0. The molecule has 0 bridgehead atoms. The summed E-state index contributed by atoms with van der Waals surface area (Å²) in [7, 11) is 0. The van der Waals surface area contributed by atoms with Crippen LogP contribution in [0.2, 0.25) is 0 Å². The summed E-state index contributed by atoms with van der Waals surface area (Å²) in [5.41, 5.74) is 1.13. The van der Waals surface area contributed by atoms with Gasteiger partial charge in [-0.2, -0.15) is 0 Å². The van der Waals surface area contributed by atoms with E-state index in [1.54, 1.807) is 0 Å². The molecule has 2 aliphatic carbocycles. The van der Waals surface area contributed by atoms with E-state index < -0.39 is 11.6 Å². The molecule has 0 nitrogen and oxygen atoms in total. The van der Waals surface area contributed by atoms with Crippen molar-refractivity contribution in [1.29, 1.82) is 0 Å². The Bertz CT molecular complexity index is 669. The van der Waals surface area contributed by atoms with Gasteiger partial charge < -0.3 is 0 Å². The molecule has 1 fully saturated rings. The number of hydrogen-bond donors (Lipinski definition) is 0. The van der Waals surface area contributed by atoms with Crippen LogP contribution >= 0.6 is 0 Å². The van der Waals surface area contributed by atoms with Crippen LogP contribution in [0.1, 0.15) is 114 Å². The highest BCUT2D eigenvalue weighted by Crippen LogP contribution is 2.36. The van der Waals surface area contributed by atoms with Crippen LogP contribution < -0.4 is 0 Å². The van der Waals surface area contributed by atoms with Crippen LogP contribution in [0.3, 0.4) is 0 Å². The van der Waals surface area contributed by atoms with Gasteiger partial charge in [0.25, 0.3) is 0 Å². The van der Waals surface area contributed by atoms with Crippen LogP contribution in [0.4, 0.5) is 8.78 Å². The van der Waals surface area contributed by atoms with Gasteiger partial charge in [0, 0.05) is 5.92 Å². The highest BCUT2D eigenvalue weighted by atomic mass is 19.2. The lowest BCUT2D eigenvalue weighted by atomic mass is 9.77. The van der Waals surface area contributed by atoms with E-state index in [0.29, 0.717) is 29.4 Å². The molecule has 0 spiro atoms. The van der Waals surface area contributed by atoms with Crippen molar-refractivity contribution in [3.8, 4) is 0 Å². The number of allylic oxidation sites excluding steroid dienone is 2. The maximum absolute atomic E-state index is 14.8. The number of hydrogen-bond acceptors (Lipinski definition) is 0. The van der Waals surface area contributed by atoms with Gasteiger partial charge in [-0.25, -0.2) is 8.78 Å². The Kier molecular flexibility index (Phi) is 9.40. The summed E-state index contributed by atoms with van der Waals surface area (Å²) in [5.74, 6) is 1.04. The quantitative estimate of drug-likeness (QED) is 0.263. The van der Waals surface area contributed by atoms with Crippen molar-refractivity contribution in [1.82, 2.24) is 0 Å². The normalized spacial score (nSPS) is 26.8. The molecular formula is C28H42F2. The topological polar surface area (TPSA) is 0 Å². The van der Waals surface area contributed by atoms with Gasteiger partial charge in [-0.15, -0.1) is 0 Å². The molecule has 0 heterocycles. The first-order valence-corrected chi connectivity index (χ1v) is 12.8. The number of rotatable bonds is 10. The summed E-state index contributed by atoms with van der Waals surface area (Å²) in [5, 5.41) is 0. The molecule has 0 aliphatic heterocycles. The van der Waals surface area contributed by atoms with E-state index in [9.17, 15) is 8.78 Å². The van der Waals surface area contributed by atoms with Gasteiger partial charge in [0.05, 0.1) is 0 Å². The van der Waals surface area contributed by atoms with Gasteiger partial charge in [-0.05, 0) is 61.0 Å². The van der Waals surface area contributed by atoms with Gasteiger partial charge in [0.15, 0.2) is 11.6 Å². The van der Waals surface area contributed by atoms with E-state index in [1.807, 2.05) is 12.1 Å². The number of benzene rings is 1. The molecule has 0 N–H and O–H groups in total. The van der Waals surface area contributed by atoms with E-state index in [0.717, 1.165) is 25.2 Å². The minimum Gasteiger partial charge on any atom is -0.203 e. The van der Waals surface area contributed by atoms with Gasteiger partial charge in [-0.3, -0.25) is 0 Å². The number of unbranched alkanes of at least 4 members (excludes halogenated alkanes) is 2. The van der Waals surface area contributed by atoms with Gasteiger partial charge in [-0.1, -0.05) is 95.9 Å². The van der Waals surface area contributed by atoms with Gasteiger partial charge in [0.2, 0.25) is 0 Å². The van der Waals surface area contributed by atoms with E-state index in [1.165, 1.54) is 64.2 Å². The molecule has 1 aromatic carbocycles. The lowest BCUT2D eigenvalue weighted by Crippen LogP contribution is -2.15. The zero-order valence-corrected chi connectivity index (χ0v) is 19.3. The summed E-state index contributed by atoms with van der Waals surface area (Å²) in [4.78, 5) is 0. The Morgan fingerprint density at radius 3 is 2.10 bits per heavy atom. The second-order valence-corrected chi connectivity index (χ2v) is 9.98. The fraction of sp³-hybridized carbons (Fsp3) is 0.714. The predicted octanol–water partition coefficient (Wildman–Crippen LogP) is 9.13. The molecule has 1 saturated carbocycles. The molecule has 1 aromatic rings. The van der Waals surface area contributed by atoms with Crippen LogP contribution in [0, 0.1) is 29.4 Å². The van der Waals surface area contributed by atoms with Crippen LogP contribution in [-0.4, -0.2) is 0 Å². The monoisotopic (exact) mass is 416 g/mol. The minimum atomic E-state index is -0.601. The second-order valence-electron chi connectivity index (χ2n) is 9.98. The molecular weight excluding hydrogens is 374 g/mol. The zero-order valence-electron chi connectivity index (χ0n) is 19.3. The van der Waals surface area contributed by atoms with Gasteiger partial charge in [0.1, 0.15) is 0 Å². The standard InChI is InChI=1S/C28H42F2/c1-3-5-6-8-22-9-11-23(12-10-22)15-18-25-19-20-26(28(30)27(25)29)24-16-13-21(7-4-2)14-17-24/h13,16,19-24H,3-12,14-15,17-18H2,1-2H3. The lowest BCUT2D eigenvalue weighted by Gasteiger charge is -2.28. The first-order valence-electron chi connectivity index (χ1n) is 12.8. The fourth-order valence-corrected chi connectivity index (χ4v) is 5.68. The Morgan fingerprint density at radius 2 is 1.47 bits per heavy atom. The van der Waals surface area contributed by atoms with E-state index in [-0.39, 0.29) is 5.92 Å². The first-order chi connectivity index (χ1) is 14.6. The third-order valence-corrected chi connectivity index (χ3v) is 7.72. The van der Waals surface area contributed by atoms with Crippen molar-refractivity contribution >= 4 is 0 Å². The van der Waals surface area contributed by atoms with Gasteiger partial charge >= 0.3 is 0 Å². The van der Waals surface area contributed by atoms with Crippen molar-refractivity contribution in [2.24, 2.45) is 17.8 Å². The first kappa shape index (κ1) is 23.5. The molecule has 0 radical (unpaired) electrons. The molecule has 3 rings (SSSR count). The van der Waals surface area contributed by atoms with Crippen molar-refractivity contribution in [3.05, 3.63) is 47.0 Å². The van der Waals surface area contributed by atoms with Crippen LogP contribution in [0.5, 0.6) is 0 Å². The summed E-state index contributed by atoms with van der Waals surface area (Å²) in [6, 6.07) is 3.71. The molecule has 0 amide bonds. The molecule has 2 aliphatic rings. The molecule has 2 unspecified atom stereocenters. The van der Waals surface area contributed by atoms with Crippen molar-refractivity contribution in [3.63, 3.8) is 0 Å². The van der Waals surface area contributed by atoms with Crippen LogP contribution in [-0.2, 0) is 6.42 Å². The molecule has 0 aromatic heterocycles. The number of aryl methyl sites for hydroxylation is 1. The zero-order chi connectivity index (χ0) is 21.3. The second kappa shape index (κ2) is 12.0. The smallest absolute Gasteiger partial charge is 0.162 e. The van der Waals surface area contributed by atoms with Crippen molar-refractivity contribution < 1.29 is 8.78 Å². The lowest BCUT2D eigenvalue weighted by molar-refractivity contribution is 0.248. The minimum absolute atomic E-state index is 0.0321. The predicted molar refractivity (Wildman–Crippen MR) is 124 cm³/mol. The van der Waals surface area contributed by atoms with Crippen molar-refractivity contribution in [2.75, 3.05) is 0 Å². The number of halogens is 2. The molecule has 0 saturated heterocycles. The summed E-state index contributed by atoms with van der Waals surface area (Å²) >= 11 is 0. The van der Waals surface area contributed by atoms with Crippen molar-refractivity contribution in [2.45, 2.75) is 110 Å². The van der Waals surface area contributed by atoms with E-state index in [4.69, 9.17) is 0 Å². The summed E-state index contributed by atoms with van der Waals surface area (Å²) < 4.78 is 29.7. The average molecular weight is 417 g/mol. The average Bonchev–Trinajstić information content (AvgIpc) is 2.77. The Balaban J connectivity index is 1.50. The highest BCUT2D eigenvalue weighted by molar-refractivity contribution is 5.32. The van der Waals surface area contributed by atoms with Crippen LogP contribution in [0.25, 0.3) is 0 Å². The Hall–Kier alpha value is -1.18. The van der Waals surface area contributed by atoms with E-state index in [2.05, 4.69) is 26.0 Å². The third-order valence-electron chi connectivity index (χ3n) is 7.72. The maximum Gasteiger partial charge on any atom is 0.162 e. The maximum atomic E-state index is 14.8. The largest absolute Gasteiger partial charge is 0.203 e. The Labute approximate surface area is 183 Å². The SMILES string of the molecule is CCCCCC1CCC(CCc2ccc(C3C=CC(CCC)CC3)c(F)c2F)CC1. The van der Waals surface area contributed by atoms with E-state index >= 15 is 0 Å².